The smallest absolute Gasteiger partial charge is 0.397 e. The van der Waals surface area contributed by atoms with Crippen LogP contribution in [0, 0.1) is 0 Å². The summed E-state index contributed by atoms with van der Waals surface area (Å²) >= 11 is 0. The van der Waals surface area contributed by atoms with E-state index in [-0.39, 0.29) is 19.7 Å². The van der Waals surface area contributed by atoms with E-state index in [9.17, 15) is 15.0 Å². The molecular weight excluding hydrogens is 524 g/mol. The number of hydrogen-bond acceptors (Lipinski definition) is 12. The van der Waals surface area contributed by atoms with Crippen LogP contribution in [0.15, 0.2) is 42.9 Å². The number of anilines is 1. The molecular formula is C26H36N6O8. The van der Waals surface area contributed by atoms with Crippen molar-refractivity contribution in [1.29, 1.82) is 0 Å². The van der Waals surface area contributed by atoms with Gasteiger partial charge in [-0.3, -0.25) is 4.98 Å². The van der Waals surface area contributed by atoms with Gasteiger partial charge in [0.25, 0.3) is 0 Å². The predicted molar refractivity (Wildman–Crippen MR) is 143 cm³/mol. The van der Waals surface area contributed by atoms with E-state index in [2.05, 4.69) is 26.1 Å². The summed E-state index contributed by atoms with van der Waals surface area (Å²) in [6, 6.07) is 8.06. The number of aliphatic hydroxyl groups is 6. The Bertz CT molecular complexity index is 1260. The van der Waals surface area contributed by atoms with E-state index in [4.69, 9.17) is 25.4 Å². The standard InChI is InChI=1S/C24H30N6O7.C2H6O/c31-22(37-24(35,36)23(32,33)34)29-10-8-28(9-11-29)20-5-7-27-30-15-18(12-21(20)30)19-4-3-17(14-26-19)16-2-1-6-25-13-16;1-2-3/h3-5,7,12,14-16,25,32-36H,1-2,6,8-11,13H2;3H,2H2,1H3. The number of hydrogen-bond donors (Lipinski definition) is 7. The fourth-order valence-electron chi connectivity index (χ4n) is 4.75. The Hall–Kier alpha value is -3.37. The number of nitrogens with zero attached hydrogens (tertiary/aromatic N) is 5. The van der Waals surface area contributed by atoms with Crippen LogP contribution in [0.5, 0.6) is 0 Å². The highest BCUT2D eigenvalue weighted by molar-refractivity contribution is 5.79. The van der Waals surface area contributed by atoms with Crippen molar-refractivity contribution in [2.24, 2.45) is 0 Å². The highest BCUT2D eigenvalue weighted by Gasteiger charge is 2.52. The Morgan fingerprint density at radius 1 is 1.12 bits per heavy atom. The minimum atomic E-state index is -4.03. The Kier molecular flexibility index (Phi) is 9.20. The van der Waals surface area contributed by atoms with Crippen LogP contribution in [0.2, 0.25) is 0 Å². The predicted octanol–water partition coefficient (Wildman–Crippen LogP) is -0.610. The molecule has 0 radical (unpaired) electrons. The summed E-state index contributed by atoms with van der Waals surface area (Å²) in [7, 11) is 0. The topological polar surface area (TPSA) is 196 Å². The maximum absolute atomic E-state index is 12.2. The average molecular weight is 561 g/mol. The van der Waals surface area contributed by atoms with Gasteiger partial charge in [0.15, 0.2) is 0 Å². The van der Waals surface area contributed by atoms with Crippen LogP contribution in [-0.2, 0) is 4.74 Å². The summed E-state index contributed by atoms with van der Waals surface area (Å²) in [6.45, 7) is 5.07. The normalized spacial score (nSPS) is 18.3. The Labute approximate surface area is 230 Å². The third-order valence-corrected chi connectivity index (χ3v) is 6.88. The van der Waals surface area contributed by atoms with Gasteiger partial charge in [0.05, 0.1) is 16.9 Å². The first-order valence-corrected chi connectivity index (χ1v) is 13.1. The third kappa shape index (κ3) is 6.67. The minimum absolute atomic E-state index is 0.158. The van der Waals surface area contributed by atoms with E-state index >= 15 is 0 Å². The lowest BCUT2D eigenvalue weighted by Gasteiger charge is -2.37. The van der Waals surface area contributed by atoms with Gasteiger partial charge >= 0.3 is 18.0 Å². The number of pyridine rings is 1. The summed E-state index contributed by atoms with van der Waals surface area (Å²) in [5.74, 6) is -7.42. The zero-order valence-electron chi connectivity index (χ0n) is 22.2. The van der Waals surface area contributed by atoms with Crippen molar-refractivity contribution in [2.75, 3.05) is 50.8 Å². The first kappa shape index (κ1) is 29.6. The van der Waals surface area contributed by atoms with Crippen LogP contribution in [-0.4, -0.2) is 114 Å². The van der Waals surface area contributed by atoms with Gasteiger partial charge in [0, 0.05) is 63.5 Å². The van der Waals surface area contributed by atoms with Gasteiger partial charge in [-0.2, -0.15) is 5.10 Å². The highest BCUT2D eigenvalue weighted by atomic mass is 16.9. The minimum Gasteiger partial charge on any atom is -0.397 e. The molecule has 1 atom stereocenters. The number of nitrogens with one attached hydrogen (secondary N) is 1. The van der Waals surface area contributed by atoms with Gasteiger partial charge in [0.2, 0.25) is 0 Å². The SMILES string of the molecule is CCO.O=C(OC(O)(O)C(O)(O)O)N1CCN(c2ccnn3cc(-c4ccc(C5CCCNC5)cn4)cc23)CC1. The molecule has 1 amide bonds. The molecule has 0 aromatic carbocycles. The monoisotopic (exact) mass is 560 g/mol. The van der Waals surface area contributed by atoms with Crippen LogP contribution in [0.4, 0.5) is 10.5 Å². The molecule has 2 aliphatic rings. The van der Waals surface area contributed by atoms with Crippen molar-refractivity contribution < 1.29 is 40.2 Å². The molecule has 3 aromatic rings. The second-order valence-corrected chi connectivity index (χ2v) is 9.70. The number of piperazine rings is 1. The third-order valence-electron chi connectivity index (χ3n) is 6.88. The number of carbonyl (C=O) groups excluding carboxylic acids is 1. The number of aromatic nitrogens is 3. The number of piperidine rings is 1. The molecule has 0 saturated carbocycles. The van der Waals surface area contributed by atoms with E-state index in [1.54, 1.807) is 17.6 Å². The molecule has 14 heteroatoms. The van der Waals surface area contributed by atoms with Gasteiger partial charge in [-0.05, 0) is 56.0 Å². The van der Waals surface area contributed by atoms with Crippen molar-refractivity contribution in [1.82, 2.24) is 24.8 Å². The molecule has 3 aromatic heterocycles. The van der Waals surface area contributed by atoms with Gasteiger partial charge in [-0.1, -0.05) is 6.07 Å². The fourth-order valence-corrected chi connectivity index (χ4v) is 4.75. The lowest BCUT2D eigenvalue weighted by Crippen LogP contribution is -2.59. The van der Waals surface area contributed by atoms with E-state index in [0.717, 1.165) is 42.0 Å². The van der Waals surface area contributed by atoms with Gasteiger partial charge in [-0.15, -0.1) is 0 Å². The maximum Gasteiger partial charge on any atom is 0.414 e. The Balaban J connectivity index is 0.00000118. The molecule has 218 valence electrons. The van der Waals surface area contributed by atoms with Gasteiger partial charge < -0.3 is 50.5 Å². The molecule has 5 rings (SSSR count). The summed E-state index contributed by atoms with van der Waals surface area (Å²) < 4.78 is 6.04. The highest BCUT2D eigenvalue weighted by Crippen LogP contribution is 2.30. The Morgan fingerprint density at radius 2 is 1.85 bits per heavy atom. The number of amides is 1. The second-order valence-electron chi connectivity index (χ2n) is 9.70. The van der Waals surface area contributed by atoms with Crippen LogP contribution < -0.4 is 10.2 Å². The van der Waals surface area contributed by atoms with E-state index in [1.807, 2.05) is 30.6 Å². The van der Waals surface area contributed by atoms with E-state index < -0.39 is 18.0 Å². The summed E-state index contributed by atoms with van der Waals surface area (Å²) in [5, 5.41) is 61.0. The van der Waals surface area contributed by atoms with Crippen molar-refractivity contribution in [2.45, 2.75) is 37.6 Å². The molecule has 7 N–H and O–H groups in total. The molecule has 40 heavy (non-hydrogen) atoms. The molecule has 2 saturated heterocycles. The second kappa shape index (κ2) is 12.4. The largest absolute Gasteiger partial charge is 0.414 e. The van der Waals surface area contributed by atoms with E-state index in [0.29, 0.717) is 19.0 Å². The molecule has 0 aliphatic carbocycles. The number of rotatable bonds is 5. The maximum atomic E-state index is 12.2. The van der Waals surface area contributed by atoms with Crippen molar-refractivity contribution in [3.63, 3.8) is 0 Å². The summed E-state index contributed by atoms with van der Waals surface area (Å²) in [4.78, 5) is 20.1. The molecule has 2 aliphatic heterocycles. The molecule has 1 unspecified atom stereocenters. The van der Waals surface area contributed by atoms with Crippen LogP contribution in [0.1, 0.15) is 31.2 Å². The average Bonchev–Trinajstić information content (AvgIpc) is 3.38. The van der Waals surface area contributed by atoms with Crippen molar-refractivity contribution in [3.8, 4) is 11.3 Å². The fraction of sp³-hybridized carbons (Fsp3) is 0.500. The number of aliphatic hydroxyl groups excluding tert-OH is 1. The molecule has 0 bridgehead atoms. The number of ether oxygens (including phenoxy) is 1. The first-order valence-electron chi connectivity index (χ1n) is 13.1. The van der Waals surface area contributed by atoms with Crippen molar-refractivity contribution in [3.05, 3.63) is 48.4 Å². The summed E-state index contributed by atoms with van der Waals surface area (Å²) in [5.41, 5.74) is 4.78. The Morgan fingerprint density at radius 3 is 2.45 bits per heavy atom. The lowest BCUT2D eigenvalue weighted by molar-refractivity contribution is -0.509. The van der Waals surface area contributed by atoms with Crippen LogP contribution in [0.25, 0.3) is 16.8 Å². The van der Waals surface area contributed by atoms with Crippen molar-refractivity contribution >= 4 is 17.3 Å². The first-order chi connectivity index (χ1) is 19.0. The summed E-state index contributed by atoms with van der Waals surface area (Å²) in [6.07, 6.45) is 6.67. The zero-order chi connectivity index (χ0) is 28.9. The van der Waals surface area contributed by atoms with Gasteiger partial charge in [0.1, 0.15) is 0 Å². The molecule has 14 nitrogen and oxygen atoms in total. The lowest BCUT2D eigenvalue weighted by atomic mass is 9.92. The van der Waals surface area contributed by atoms with E-state index in [1.165, 1.54) is 16.9 Å². The number of fused-ring (bicyclic) bond motifs is 1. The van der Waals surface area contributed by atoms with Crippen LogP contribution in [0.3, 0.4) is 0 Å². The molecule has 0 spiro atoms. The molecule has 5 heterocycles. The van der Waals surface area contributed by atoms with Crippen LogP contribution >= 0.6 is 0 Å². The molecule has 2 fully saturated rings. The zero-order valence-corrected chi connectivity index (χ0v) is 22.2. The number of carbonyl (C=O) groups is 1. The van der Waals surface area contributed by atoms with Gasteiger partial charge in [-0.25, -0.2) is 9.31 Å². The quantitative estimate of drug-likeness (QED) is 0.196.